The van der Waals surface area contributed by atoms with E-state index in [0.29, 0.717) is 29.0 Å². The number of ether oxygens (including phenoxy) is 3. The first-order valence-corrected chi connectivity index (χ1v) is 9.88. The number of carbonyl (C=O) groups is 2. The average Bonchev–Trinajstić information content (AvgIpc) is 3.07. The van der Waals surface area contributed by atoms with Crippen molar-refractivity contribution >= 4 is 11.8 Å². The highest BCUT2D eigenvalue weighted by molar-refractivity contribution is 6.02. The Morgan fingerprint density at radius 2 is 1.97 bits per heavy atom. The zero-order chi connectivity index (χ0) is 21.0. The van der Waals surface area contributed by atoms with Crippen LogP contribution in [0, 0.1) is 0 Å². The van der Waals surface area contributed by atoms with Crippen LogP contribution in [0.15, 0.2) is 36.4 Å². The Balaban J connectivity index is 2.09. The third-order valence-corrected chi connectivity index (χ3v) is 4.94. The summed E-state index contributed by atoms with van der Waals surface area (Å²) in [5, 5.41) is 8.99. The van der Waals surface area contributed by atoms with E-state index in [1.165, 1.54) is 0 Å². The molecule has 6 nitrogen and oxygen atoms in total. The summed E-state index contributed by atoms with van der Waals surface area (Å²) in [5.41, 5.74) is 2.50. The second-order valence-electron chi connectivity index (χ2n) is 6.88. The smallest absolute Gasteiger partial charge is 0.338 e. The van der Waals surface area contributed by atoms with Crippen molar-refractivity contribution in [2.24, 2.45) is 0 Å². The van der Waals surface area contributed by atoms with Crippen LogP contribution < -0.4 is 9.47 Å². The zero-order valence-electron chi connectivity index (χ0n) is 16.9. The van der Waals surface area contributed by atoms with Gasteiger partial charge in [-0.3, -0.25) is 4.79 Å². The molecular weight excluding hydrogens is 372 g/mol. The molecule has 0 aliphatic carbocycles. The third kappa shape index (κ3) is 4.27. The molecule has 2 aromatic carbocycles. The van der Waals surface area contributed by atoms with Crippen molar-refractivity contribution in [3.05, 3.63) is 58.7 Å². The van der Waals surface area contributed by atoms with Gasteiger partial charge in [0.05, 0.1) is 24.3 Å². The number of rotatable bonds is 8. The van der Waals surface area contributed by atoms with Crippen molar-refractivity contribution in [2.75, 3.05) is 19.8 Å². The number of benzene rings is 2. The van der Waals surface area contributed by atoms with Crippen LogP contribution in [0.2, 0.25) is 0 Å². The lowest BCUT2D eigenvalue weighted by Crippen LogP contribution is -2.15. The van der Waals surface area contributed by atoms with Gasteiger partial charge in [-0.1, -0.05) is 19.1 Å². The summed E-state index contributed by atoms with van der Waals surface area (Å²) in [4.78, 5) is 24.9. The standard InChI is InChI=1S/C23H26O6/c1-4-20(25)18-12-16(23(26)27-5-2)13-19-21(14(3)29-22(18)19)15-7-6-8-17(11-15)28-10-9-24/h6-8,11-14,21,24H,4-5,9-10H2,1-3H3/t14-,21?/m1/s1. The van der Waals surface area contributed by atoms with Crippen LogP contribution in [0.5, 0.6) is 11.5 Å². The first kappa shape index (κ1) is 20.9. The van der Waals surface area contributed by atoms with Crippen molar-refractivity contribution in [3.63, 3.8) is 0 Å². The van der Waals surface area contributed by atoms with E-state index in [2.05, 4.69) is 0 Å². The molecule has 29 heavy (non-hydrogen) atoms. The highest BCUT2D eigenvalue weighted by atomic mass is 16.5. The molecule has 0 aromatic heterocycles. The van der Waals surface area contributed by atoms with Gasteiger partial charge in [-0.05, 0) is 43.7 Å². The summed E-state index contributed by atoms with van der Waals surface area (Å²) < 4.78 is 16.8. The van der Waals surface area contributed by atoms with E-state index in [9.17, 15) is 9.59 Å². The molecule has 0 fully saturated rings. The lowest BCUT2D eigenvalue weighted by molar-refractivity contribution is 0.0526. The maximum atomic E-state index is 12.6. The van der Waals surface area contributed by atoms with Gasteiger partial charge in [0.15, 0.2) is 5.78 Å². The normalized spacial score (nSPS) is 17.4. The first-order valence-electron chi connectivity index (χ1n) is 9.88. The van der Waals surface area contributed by atoms with Crippen molar-refractivity contribution in [2.45, 2.75) is 39.2 Å². The number of aliphatic hydroxyl groups is 1. The van der Waals surface area contributed by atoms with Gasteiger partial charge >= 0.3 is 5.97 Å². The van der Waals surface area contributed by atoms with Gasteiger partial charge in [-0.15, -0.1) is 0 Å². The number of Topliss-reactive ketones (excluding diaryl/α,β-unsaturated/α-hetero) is 1. The van der Waals surface area contributed by atoms with Gasteiger partial charge in [0.25, 0.3) is 0 Å². The van der Waals surface area contributed by atoms with Crippen LogP contribution in [0.25, 0.3) is 0 Å². The first-order chi connectivity index (χ1) is 14.0. The Labute approximate surface area is 170 Å². The fourth-order valence-electron chi connectivity index (χ4n) is 3.66. The lowest BCUT2D eigenvalue weighted by Gasteiger charge is -2.17. The number of aliphatic hydroxyl groups excluding tert-OH is 1. The van der Waals surface area contributed by atoms with Crippen LogP contribution in [0.4, 0.5) is 0 Å². The van der Waals surface area contributed by atoms with Gasteiger partial charge in [0.1, 0.15) is 24.2 Å². The number of fused-ring (bicyclic) bond motifs is 1. The molecule has 0 saturated heterocycles. The van der Waals surface area contributed by atoms with Crippen LogP contribution in [0.3, 0.4) is 0 Å². The van der Waals surface area contributed by atoms with Gasteiger partial charge in [-0.25, -0.2) is 4.79 Å². The molecule has 0 saturated carbocycles. The van der Waals surface area contributed by atoms with Crippen LogP contribution >= 0.6 is 0 Å². The summed E-state index contributed by atoms with van der Waals surface area (Å²) in [7, 11) is 0. The molecule has 0 bridgehead atoms. The van der Waals surface area contributed by atoms with Gasteiger partial charge in [0, 0.05) is 17.9 Å². The van der Waals surface area contributed by atoms with Crippen molar-refractivity contribution < 1.29 is 28.9 Å². The summed E-state index contributed by atoms with van der Waals surface area (Å²) in [6.45, 7) is 5.86. The molecule has 6 heteroatoms. The number of hydrogen-bond donors (Lipinski definition) is 1. The van der Waals surface area contributed by atoms with Gasteiger partial charge in [0.2, 0.25) is 0 Å². The highest BCUT2D eigenvalue weighted by Crippen LogP contribution is 2.45. The van der Waals surface area contributed by atoms with E-state index in [1.807, 2.05) is 31.2 Å². The monoisotopic (exact) mass is 398 g/mol. The van der Waals surface area contributed by atoms with Crippen LogP contribution in [-0.4, -0.2) is 42.8 Å². The van der Waals surface area contributed by atoms with E-state index in [0.717, 1.165) is 11.1 Å². The summed E-state index contributed by atoms with van der Waals surface area (Å²) in [5.74, 6) is 0.465. The Morgan fingerprint density at radius 1 is 1.17 bits per heavy atom. The fraction of sp³-hybridized carbons (Fsp3) is 0.391. The molecule has 1 aliphatic heterocycles. The topological polar surface area (TPSA) is 82.1 Å². The quantitative estimate of drug-likeness (QED) is 0.539. The average molecular weight is 398 g/mol. The van der Waals surface area contributed by atoms with E-state index in [1.54, 1.807) is 26.0 Å². The number of carbonyl (C=O) groups excluding carboxylic acids is 2. The van der Waals surface area contributed by atoms with Crippen LogP contribution in [0.1, 0.15) is 65.0 Å². The Hall–Kier alpha value is -2.86. The molecule has 1 unspecified atom stereocenters. The van der Waals surface area contributed by atoms with E-state index >= 15 is 0 Å². The van der Waals surface area contributed by atoms with Gasteiger partial charge < -0.3 is 19.3 Å². The Kier molecular flexibility index (Phi) is 6.54. The zero-order valence-corrected chi connectivity index (χ0v) is 16.9. The molecule has 0 amide bonds. The summed E-state index contributed by atoms with van der Waals surface area (Å²) >= 11 is 0. The fourth-order valence-corrected chi connectivity index (χ4v) is 3.66. The molecule has 3 rings (SSSR count). The molecule has 1 heterocycles. The number of esters is 1. The second kappa shape index (κ2) is 9.09. The van der Waals surface area contributed by atoms with Gasteiger partial charge in [-0.2, -0.15) is 0 Å². The van der Waals surface area contributed by atoms with E-state index in [4.69, 9.17) is 19.3 Å². The van der Waals surface area contributed by atoms with E-state index < -0.39 is 5.97 Å². The summed E-state index contributed by atoms with van der Waals surface area (Å²) in [6, 6.07) is 10.9. The molecule has 1 aliphatic rings. The lowest BCUT2D eigenvalue weighted by atomic mass is 9.86. The molecular formula is C23H26O6. The molecule has 154 valence electrons. The molecule has 1 N–H and O–H groups in total. The molecule has 2 atom stereocenters. The third-order valence-electron chi connectivity index (χ3n) is 4.94. The SMILES string of the molecule is CCOC(=O)c1cc(C(=O)CC)c2c(c1)C(c1cccc(OCCO)c1)[C@@H](C)O2. The minimum Gasteiger partial charge on any atom is -0.491 e. The number of hydrogen-bond acceptors (Lipinski definition) is 6. The van der Waals surface area contributed by atoms with Crippen molar-refractivity contribution in [1.29, 1.82) is 0 Å². The Bertz CT molecular complexity index is 904. The maximum absolute atomic E-state index is 12.6. The second-order valence-corrected chi connectivity index (χ2v) is 6.88. The minimum atomic E-state index is -0.459. The maximum Gasteiger partial charge on any atom is 0.338 e. The van der Waals surface area contributed by atoms with E-state index in [-0.39, 0.29) is 37.6 Å². The van der Waals surface area contributed by atoms with Crippen molar-refractivity contribution in [3.8, 4) is 11.5 Å². The number of ketones is 1. The predicted octanol–water partition coefficient (Wildman–Crippen LogP) is 3.74. The van der Waals surface area contributed by atoms with Crippen molar-refractivity contribution in [1.82, 2.24) is 0 Å². The minimum absolute atomic E-state index is 0.0681. The predicted molar refractivity (Wildman–Crippen MR) is 108 cm³/mol. The highest BCUT2D eigenvalue weighted by Gasteiger charge is 2.36. The van der Waals surface area contributed by atoms with Crippen LogP contribution in [-0.2, 0) is 4.74 Å². The molecule has 0 spiro atoms. The largest absolute Gasteiger partial charge is 0.491 e. The molecule has 0 radical (unpaired) electrons. The Morgan fingerprint density at radius 3 is 2.66 bits per heavy atom. The summed E-state index contributed by atoms with van der Waals surface area (Å²) in [6.07, 6.45) is 0.0879. The molecule has 2 aromatic rings.